The molecule has 0 bridgehead atoms. The largest absolute Gasteiger partial charge is 0.477 e. The Morgan fingerprint density at radius 3 is 2.50 bits per heavy atom. The van der Waals surface area contributed by atoms with Crippen molar-refractivity contribution in [1.82, 2.24) is 9.62 Å². The van der Waals surface area contributed by atoms with Crippen molar-refractivity contribution in [2.45, 2.75) is 24.5 Å². The number of aromatic carboxylic acids is 1. The Labute approximate surface area is 123 Å². The molecule has 0 aromatic carbocycles. The molecule has 6 nitrogen and oxygen atoms in total. The van der Waals surface area contributed by atoms with E-state index in [-0.39, 0.29) is 9.09 Å². The highest BCUT2D eigenvalue weighted by atomic mass is 32.2. The lowest BCUT2D eigenvalue weighted by atomic mass is 10.4. The number of carboxylic acid groups (broad SMARTS) is 1. The third-order valence-electron chi connectivity index (χ3n) is 2.89. The fraction of sp³-hybridized carbons (Fsp3) is 0.583. The average Bonchev–Trinajstić information content (AvgIpc) is 2.89. The topological polar surface area (TPSA) is 86.7 Å². The first-order chi connectivity index (χ1) is 9.40. The Kier molecular flexibility index (Phi) is 6.60. The maximum atomic E-state index is 11.9. The number of rotatable bonds is 9. The summed E-state index contributed by atoms with van der Waals surface area (Å²) < 4.78 is 26.4. The zero-order chi connectivity index (χ0) is 15.2. The molecule has 0 fully saturated rings. The zero-order valence-corrected chi connectivity index (χ0v) is 13.3. The summed E-state index contributed by atoms with van der Waals surface area (Å²) in [6.07, 6.45) is 0.720. The second kappa shape index (κ2) is 7.72. The summed E-state index contributed by atoms with van der Waals surface area (Å²) in [5, 5.41) is 8.78. The normalized spacial score (nSPS) is 11.9. The van der Waals surface area contributed by atoms with Crippen LogP contribution in [0.3, 0.4) is 0 Å². The molecule has 0 unspecified atom stereocenters. The van der Waals surface area contributed by atoms with Gasteiger partial charge in [0.1, 0.15) is 9.09 Å². The number of hydrogen-bond acceptors (Lipinski definition) is 5. The summed E-state index contributed by atoms with van der Waals surface area (Å²) in [6.45, 7) is 7.19. The van der Waals surface area contributed by atoms with Crippen LogP contribution in [0, 0.1) is 0 Å². The molecule has 1 aromatic rings. The fourth-order valence-electron chi connectivity index (χ4n) is 1.70. The highest BCUT2D eigenvalue weighted by Crippen LogP contribution is 2.21. The Morgan fingerprint density at radius 2 is 2.00 bits per heavy atom. The molecule has 0 aliphatic heterocycles. The molecule has 1 heterocycles. The minimum Gasteiger partial charge on any atom is -0.477 e. The van der Waals surface area contributed by atoms with E-state index < -0.39 is 16.0 Å². The fourth-order valence-corrected chi connectivity index (χ4v) is 3.96. The van der Waals surface area contributed by atoms with Crippen LogP contribution in [-0.4, -0.2) is 50.6 Å². The Morgan fingerprint density at radius 1 is 1.35 bits per heavy atom. The SMILES string of the molecule is CCN(CC)CCCNS(=O)(=O)c1ccc(C(=O)O)s1. The van der Waals surface area contributed by atoms with Gasteiger partial charge in [-0.15, -0.1) is 11.3 Å². The van der Waals surface area contributed by atoms with E-state index in [0.29, 0.717) is 6.54 Å². The van der Waals surface area contributed by atoms with Crippen LogP contribution in [0.4, 0.5) is 0 Å². The standard InChI is InChI=1S/C12H20N2O4S2/c1-3-14(4-2)9-5-8-13-20(17,18)11-7-6-10(19-11)12(15)16/h6-7,13H,3-5,8-9H2,1-2H3,(H,15,16). The summed E-state index contributed by atoms with van der Waals surface area (Å²) in [7, 11) is -3.60. The zero-order valence-electron chi connectivity index (χ0n) is 11.6. The van der Waals surface area contributed by atoms with Crippen LogP contribution < -0.4 is 4.72 Å². The molecule has 0 aliphatic rings. The van der Waals surface area contributed by atoms with Crippen LogP contribution in [0.25, 0.3) is 0 Å². The first-order valence-corrected chi connectivity index (χ1v) is 8.75. The monoisotopic (exact) mass is 320 g/mol. The number of thiophene rings is 1. The van der Waals surface area contributed by atoms with Gasteiger partial charge in [0.15, 0.2) is 0 Å². The molecule has 0 atom stereocenters. The average molecular weight is 320 g/mol. The number of nitrogens with zero attached hydrogens (tertiary/aromatic N) is 1. The maximum Gasteiger partial charge on any atom is 0.345 e. The van der Waals surface area contributed by atoms with Crippen molar-refractivity contribution in [2.24, 2.45) is 0 Å². The van der Waals surface area contributed by atoms with E-state index in [4.69, 9.17) is 5.11 Å². The lowest BCUT2D eigenvalue weighted by molar-refractivity contribution is 0.0702. The van der Waals surface area contributed by atoms with Crippen molar-refractivity contribution in [3.05, 3.63) is 17.0 Å². The van der Waals surface area contributed by atoms with Crippen LogP contribution in [0.5, 0.6) is 0 Å². The highest BCUT2D eigenvalue weighted by molar-refractivity contribution is 7.91. The quantitative estimate of drug-likeness (QED) is 0.673. The molecular formula is C12H20N2O4S2. The summed E-state index contributed by atoms with van der Waals surface area (Å²) >= 11 is 0.761. The Hall–Kier alpha value is -0.960. The van der Waals surface area contributed by atoms with Crippen molar-refractivity contribution in [1.29, 1.82) is 0 Å². The van der Waals surface area contributed by atoms with E-state index in [1.54, 1.807) is 0 Å². The Balaban J connectivity index is 2.51. The van der Waals surface area contributed by atoms with Gasteiger partial charge in [-0.1, -0.05) is 13.8 Å². The van der Waals surface area contributed by atoms with Gasteiger partial charge in [-0.3, -0.25) is 0 Å². The van der Waals surface area contributed by atoms with E-state index in [1.807, 2.05) is 0 Å². The van der Waals surface area contributed by atoms with Gasteiger partial charge < -0.3 is 10.0 Å². The Bertz CT molecular complexity index is 535. The third kappa shape index (κ3) is 4.86. The van der Waals surface area contributed by atoms with Crippen molar-refractivity contribution in [2.75, 3.05) is 26.2 Å². The summed E-state index contributed by atoms with van der Waals surface area (Å²) in [4.78, 5) is 13.0. The van der Waals surface area contributed by atoms with E-state index in [1.165, 1.54) is 12.1 Å². The molecule has 1 aromatic heterocycles. The lowest BCUT2D eigenvalue weighted by Crippen LogP contribution is -2.29. The number of sulfonamides is 1. The van der Waals surface area contributed by atoms with Gasteiger partial charge in [-0.2, -0.15) is 0 Å². The van der Waals surface area contributed by atoms with Crippen molar-refractivity contribution < 1.29 is 18.3 Å². The second-order valence-corrected chi connectivity index (χ2v) is 7.28. The summed E-state index contributed by atoms with van der Waals surface area (Å²) in [6, 6.07) is 2.62. The van der Waals surface area contributed by atoms with Crippen molar-refractivity contribution >= 4 is 27.3 Å². The smallest absolute Gasteiger partial charge is 0.345 e. The lowest BCUT2D eigenvalue weighted by Gasteiger charge is -2.17. The number of hydrogen-bond donors (Lipinski definition) is 2. The second-order valence-electron chi connectivity index (χ2n) is 4.20. The van der Waals surface area contributed by atoms with Crippen LogP contribution in [-0.2, 0) is 10.0 Å². The van der Waals surface area contributed by atoms with Crippen molar-refractivity contribution in [3.8, 4) is 0 Å². The van der Waals surface area contributed by atoms with Crippen LogP contribution in [0.2, 0.25) is 0 Å². The molecule has 0 saturated carbocycles. The first-order valence-electron chi connectivity index (χ1n) is 6.45. The number of carbonyl (C=O) groups is 1. The molecule has 0 radical (unpaired) electrons. The molecule has 1 rings (SSSR count). The number of nitrogens with one attached hydrogen (secondary N) is 1. The van der Waals surface area contributed by atoms with Crippen LogP contribution >= 0.6 is 11.3 Å². The number of carboxylic acids is 1. The molecule has 114 valence electrons. The maximum absolute atomic E-state index is 11.9. The molecule has 0 amide bonds. The van der Waals surface area contributed by atoms with Gasteiger partial charge in [0.05, 0.1) is 0 Å². The molecule has 20 heavy (non-hydrogen) atoms. The van der Waals surface area contributed by atoms with Gasteiger partial charge in [0.25, 0.3) is 0 Å². The molecule has 0 spiro atoms. The summed E-state index contributed by atoms with van der Waals surface area (Å²) in [5.41, 5.74) is 0. The van der Waals surface area contributed by atoms with E-state index >= 15 is 0 Å². The van der Waals surface area contributed by atoms with Crippen LogP contribution in [0.15, 0.2) is 16.3 Å². The van der Waals surface area contributed by atoms with E-state index in [2.05, 4.69) is 23.5 Å². The predicted molar refractivity (Wildman–Crippen MR) is 78.9 cm³/mol. The van der Waals surface area contributed by atoms with Gasteiger partial charge in [0, 0.05) is 6.54 Å². The highest BCUT2D eigenvalue weighted by Gasteiger charge is 2.18. The van der Waals surface area contributed by atoms with Crippen LogP contribution in [0.1, 0.15) is 29.9 Å². The van der Waals surface area contributed by atoms with Gasteiger partial charge in [0.2, 0.25) is 10.0 Å². The van der Waals surface area contributed by atoms with E-state index in [0.717, 1.165) is 37.4 Å². The molecule has 2 N–H and O–H groups in total. The summed E-state index contributed by atoms with van der Waals surface area (Å²) in [5.74, 6) is -1.11. The van der Waals surface area contributed by atoms with Gasteiger partial charge in [-0.25, -0.2) is 17.9 Å². The van der Waals surface area contributed by atoms with Gasteiger partial charge in [-0.05, 0) is 38.2 Å². The minimum atomic E-state index is -3.60. The molecular weight excluding hydrogens is 300 g/mol. The molecule has 0 saturated heterocycles. The van der Waals surface area contributed by atoms with Crippen molar-refractivity contribution in [3.63, 3.8) is 0 Å². The first kappa shape index (κ1) is 17.1. The molecule has 8 heteroatoms. The van der Waals surface area contributed by atoms with E-state index in [9.17, 15) is 13.2 Å². The predicted octanol–water partition coefficient (Wildman–Crippen LogP) is 1.46. The third-order valence-corrected chi connectivity index (χ3v) is 5.92. The van der Waals surface area contributed by atoms with Gasteiger partial charge >= 0.3 is 5.97 Å². The molecule has 0 aliphatic carbocycles. The minimum absolute atomic E-state index is 0.0218.